The predicted molar refractivity (Wildman–Crippen MR) is 128 cm³/mol. The molecule has 0 aromatic heterocycles. The van der Waals surface area contributed by atoms with Gasteiger partial charge in [0.25, 0.3) is 0 Å². The maximum Gasteiger partial charge on any atom is 0.338 e. The van der Waals surface area contributed by atoms with Gasteiger partial charge in [-0.25, -0.2) is 18.0 Å². The van der Waals surface area contributed by atoms with Gasteiger partial charge in [-0.2, -0.15) is 0 Å². The molecular weight excluding hydrogens is 456 g/mol. The Morgan fingerprint density at radius 3 is 2.26 bits per heavy atom. The first-order valence-electron chi connectivity index (χ1n) is 11.1. The monoisotopic (exact) mass is 486 g/mol. The number of urea groups is 1. The second kappa shape index (κ2) is 10.7. The lowest BCUT2D eigenvalue weighted by Crippen LogP contribution is -2.47. The molecule has 0 saturated heterocycles. The van der Waals surface area contributed by atoms with Gasteiger partial charge in [-0.1, -0.05) is 38.1 Å². The van der Waals surface area contributed by atoms with Crippen LogP contribution in [0.25, 0.3) is 0 Å². The number of esters is 1. The van der Waals surface area contributed by atoms with Gasteiger partial charge in [0.05, 0.1) is 36.0 Å². The molecule has 1 aliphatic rings. The van der Waals surface area contributed by atoms with Crippen LogP contribution in [0, 0.1) is 5.92 Å². The smallest absolute Gasteiger partial charge is 0.338 e. The number of benzene rings is 2. The number of rotatable bonds is 9. The quantitative estimate of drug-likeness (QED) is 0.525. The molecule has 2 amide bonds. The summed E-state index contributed by atoms with van der Waals surface area (Å²) in [5, 5.41) is 5.19. The molecule has 2 N–H and O–H groups in total. The maximum absolute atomic E-state index is 13.2. The van der Waals surface area contributed by atoms with Crippen LogP contribution in [0.5, 0.6) is 5.75 Å². The van der Waals surface area contributed by atoms with Gasteiger partial charge in [0.1, 0.15) is 5.75 Å². The first-order chi connectivity index (χ1) is 16.1. The minimum absolute atomic E-state index is 0.0132. The SMILES string of the molecule is CCOc1ccc([C@H]2NC(=O)NC(CS(=O)(=O)c3ccc(CC(C)C)cc3)=C2C(=O)OC)cc1. The molecule has 2 aromatic carbocycles. The molecule has 1 heterocycles. The second-order valence-corrected chi connectivity index (χ2v) is 10.4. The van der Waals surface area contributed by atoms with Gasteiger partial charge < -0.3 is 20.1 Å². The first kappa shape index (κ1) is 25.3. The molecule has 34 heavy (non-hydrogen) atoms. The van der Waals surface area contributed by atoms with Crippen LogP contribution in [0.3, 0.4) is 0 Å². The van der Waals surface area contributed by atoms with E-state index in [1.165, 1.54) is 7.11 Å². The maximum atomic E-state index is 13.2. The Kier molecular flexibility index (Phi) is 7.98. The van der Waals surface area contributed by atoms with Crippen LogP contribution in [0.4, 0.5) is 4.79 Å². The van der Waals surface area contributed by atoms with Gasteiger partial charge in [0.15, 0.2) is 9.84 Å². The molecule has 0 unspecified atom stereocenters. The number of methoxy groups -OCH3 is 1. The first-order valence-corrected chi connectivity index (χ1v) is 12.7. The van der Waals surface area contributed by atoms with Gasteiger partial charge in [0.2, 0.25) is 0 Å². The number of carbonyl (C=O) groups is 2. The summed E-state index contributed by atoms with van der Waals surface area (Å²) in [6.45, 7) is 6.54. The normalized spacial score (nSPS) is 16.1. The van der Waals surface area contributed by atoms with E-state index in [4.69, 9.17) is 9.47 Å². The fourth-order valence-electron chi connectivity index (χ4n) is 3.83. The van der Waals surface area contributed by atoms with Crippen molar-refractivity contribution in [2.24, 2.45) is 5.92 Å². The number of sulfone groups is 1. The average molecular weight is 487 g/mol. The van der Waals surface area contributed by atoms with Gasteiger partial charge in [-0.15, -0.1) is 0 Å². The van der Waals surface area contributed by atoms with Crippen molar-refractivity contribution < 1.29 is 27.5 Å². The Bertz CT molecular complexity index is 1170. The highest BCUT2D eigenvalue weighted by Crippen LogP contribution is 2.30. The Morgan fingerprint density at radius 2 is 1.71 bits per heavy atom. The standard InChI is InChI=1S/C25H30N2O6S/c1-5-33-19-10-8-18(9-11-19)23-22(24(28)32-4)21(26-25(29)27-23)15-34(30,31)20-12-6-17(7-13-20)14-16(2)3/h6-13,16,23H,5,14-15H2,1-4H3,(H2,26,27,29)/t23-/m1/s1. The molecule has 0 radical (unpaired) electrons. The molecule has 1 aliphatic heterocycles. The van der Waals surface area contributed by atoms with E-state index < -0.39 is 33.6 Å². The lowest BCUT2D eigenvalue weighted by Gasteiger charge is -2.29. The topological polar surface area (TPSA) is 111 Å². The zero-order valence-electron chi connectivity index (χ0n) is 19.8. The van der Waals surface area contributed by atoms with Crippen LogP contribution in [-0.2, 0) is 25.8 Å². The van der Waals surface area contributed by atoms with Crippen molar-refractivity contribution in [1.82, 2.24) is 10.6 Å². The minimum Gasteiger partial charge on any atom is -0.494 e. The summed E-state index contributed by atoms with van der Waals surface area (Å²) in [5.74, 6) is -0.204. The summed E-state index contributed by atoms with van der Waals surface area (Å²) < 4.78 is 36.7. The molecule has 0 saturated carbocycles. The van der Waals surface area contributed by atoms with Crippen molar-refractivity contribution in [1.29, 1.82) is 0 Å². The van der Waals surface area contributed by atoms with Gasteiger partial charge in [0, 0.05) is 5.70 Å². The summed E-state index contributed by atoms with van der Waals surface area (Å²) in [4.78, 5) is 25.3. The highest BCUT2D eigenvalue weighted by Gasteiger charge is 2.35. The fourth-order valence-corrected chi connectivity index (χ4v) is 5.16. The largest absolute Gasteiger partial charge is 0.494 e. The van der Waals surface area contributed by atoms with Crippen LogP contribution < -0.4 is 15.4 Å². The summed E-state index contributed by atoms with van der Waals surface area (Å²) in [5.41, 5.74) is 1.65. The van der Waals surface area contributed by atoms with Crippen LogP contribution in [0.2, 0.25) is 0 Å². The van der Waals surface area contributed by atoms with Crippen LogP contribution in [-0.4, -0.2) is 39.9 Å². The summed E-state index contributed by atoms with van der Waals surface area (Å²) in [6.07, 6.45) is 0.837. The number of hydrogen-bond donors (Lipinski definition) is 2. The molecule has 8 nitrogen and oxygen atoms in total. The zero-order valence-corrected chi connectivity index (χ0v) is 20.6. The van der Waals surface area contributed by atoms with Crippen LogP contribution in [0.15, 0.2) is 64.7 Å². The molecule has 2 aromatic rings. The Balaban J connectivity index is 1.98. The minimum atomic E-state index is -3.85. The number of ether oxygens (including phenoxy) is 2. The lowest BCUT2D eigenvalue weighted by molar-refractivity contribution is -0.136. The van der Waals surface area contributed by atoms with Gasteiger partial charge >= 0.3 is 12.0 Å². The van der Waals surface area contributed by atoms with Crippen molar-refractivity contribution in [2.45, 2.75) is 38.1 Å². The van der Waals surface area contributed by atoms with Crippen molar-refractivity contribution >= 4 is 21.8 Å². The average Bonchev–Trinajstić information content (AvgIpc) is 2.78. The highest BCUT2D eigenvalue weighted by molar-refractivity contribution is 7.91. The van der Waals surface area contributed by atoms with E-state index in [0.29, 0.717) is 23.8 Å². The number of hydrogen-bond acceptors (Lipinski definition) is 6. The molecule has 1 atom stereocenters. The Morgan fingerprint density at radius 1 is 1.06 bits per heavy atom. The third-order valence-electron chi connectivity index (χ3n) is 5.34. The fraction of sp³-hybridized carbons (Fsp3) is 0.360. The lowest BCUT2D eigenvalue weighted by atomic mass is 9.95. The number of nitrogens with one attached hydrogen (secondary N) is 2. The molecular formula is C25H30N2O6S. The van der Waals surface area contributed by atoms with Crippen molar-refractivity contribution in [2.75, 3.05) is 19.5 Å². The van der Waals surface area contributed by atoms with Gasteiger partial charge in [-0.3, -0.25) is 0 Å². The van der Waals surface area contributed by atoms with Crippen molar-refractivity contribution in [3.05, 3.63) is 70.9 Å². The zero-order chi connectivity index (χ0) is 24.9. The van der Waals surface area contributed by atoms with Gasteiger partial charge in [-0.05, 0) is 54.7 Å². The highest BCUT2D eigenvalue weighted by atomic mass is 32.2. The van der Waals surface area contributed by atoms with E-state index in [9.17, 15) is 18.0 Å². The Labute approximate surface area is 200 Å². The summed E-state index contributed by atoms with van der Waals surface area (Å²) in [6, 6.07) is 12.1. The van der Waals surface area contributed by atoms with E-state index in [2.05, 4.69) is 24.5 Å². The third kappa shape index (κ3) is 5.96. The summed E-state index contributed by atoms with van der Waals surface area (Å²) in [7, 11) is -2.64. The van der Waals surface area contributed by atoms with Crippen molar-refractivity contribution in [3.8, 4) is 5.75 Å². The van der Waals surface area contributed by atoms with E-state index in [1.807, 2.05) is 6.92 Å². The molecule has 9 heteroatoms. The number of amides is 2. The van der Waals surface area contributed by atoms with Crippen LogP contribution in [0.1, 0.15) is 37.9 Å². The molecule has 3 rings (SSSR count). The molecule has 182 valence electrons. The van der Waals surface area contributed by atoms with Crippen molar-refractivity contribution in [3.63, 3.8) is 0 Å². The van der Waals surface area contributed by atoms with E-state index in [0.717, 1.165) is 12.0 Å². The molecule has 0 aliphatic carbocycles. The second-order valence-electron chi connectivity index (χ2n) is 8.42. The number of carbonyl (C=O) groups excluding carboxylic acids is 2. The van der Waals surface area contributed by atoms with Crippen LogP contribution >= 0.6 is 0 Å². The van der Waals surface area contributed by atoms with E-state index >= 15 is 0 Å². The van der Waals surface area contributed by atoms with E-state index in [1.54, 1.807) is 48.5 Å². The molecule has 0 fully saturated rings. The molecule has 0 bridgehead atoms. The third-order valence-corrected chi connectivity index (χ3v) is 7.00. The summed E-state index contributed by atoms with van der Waals surface area (Å²) >= 11 is 0. The molecule has 0 spiro atoms. The van der Waals surface area contributed by atoms with E-state index in [-0.39, 0.29) is 16.2 Å². The Hall–Kier alpha value is -3.33. The predicted octanol–water partition coefficient (Wildman–Crippen LogP) is 3.54.